The number of anilines is 2. The summed E-state index contributed by atoms with van der Waals surface area (Å²) in [7, 11) is 0. The molecule has 2 amide bonds. The van der Waals surface area contributed by atoms with Crippen LogP contribution in [0.1, 0.15) is 17.3 Å². The molecule has 2 aliphatic rings. The zero-order valence-corrected chi connectivity index (χ0v) is 17.2. The van der Waals surface area contributed by atoms with Gasteiger partial charge in [0.25, 0.3) is 0 Å². The summed E-state index contributed by atoms with van der Waals surface area (Å²) in [5.74, 6) is 0.381. The molecule has 150 valence electrons. The average molecular weight is 410 g/mol. The van der Waals surface area contributed by atoms with E-state index in [-0.39, 0.29) is 24.1 Å². The Kier molecular flexibility index (Phi) is 5.58. The van der Waals surface area contributed by atoms with Gasteiger partial charge in [-0.2, -0.15) is 0 Å². The highest BCUT2D eigenvalue weighted by Crippen LogP contribution is 2.34. The zero-order chi connectivity index (χ0) is 20.4. The van der Waals surface area contributed by atoms with Crippen LogP contribution in [0.5, 0.6) is 0 Å². The molecule has 29 heavy (non-hydrogen) atoms. The van der Waals surface area contributed by atoms with E-state index < -0.39 is 0 Å². The van der Waals surface area contributed by atoms with Crippen LogP contribution >= 0.6 is 11.8 Å². The van der Waals surface area contributed by atoms with E-state index in [9.17, 15) is 14.4 Å². The molecule has 7 heteroatoms. The van der Waals surface area contributed by atoms with Crippen molar-refractivity contribution in [1.29, 1.82) is 0 Å². The first-order chi connectivity index (χ1) is 14.0. The Morgan fingerprint density at radius 2 is 1.66 bits per heavy atom. The Hall–Kier alpha value is -2.80. The van der Waals surface area contributed by atoms with Gasteiger partial charge >= 0.3 is 0 Å². The van der Waals surface area contributed by atoms with E-state index in [1.54, 1.807) is 11.8 Å². The number of hydrogen-bond acceptors (Lipinski definition) is 5. The molecule has 2 aromatic carbocycles. The van der Waals surface area contributed by atoms with E-state index in [0.29, 0.717) is 24.4 Å². The average Bonchev–Trinajstić information content (AvgIpc) is 2.76. The molecule has 0 bridgehead atoms. The fraction of sp³-hybridized carbons (Fsp3) is 0.318. The standard InChI is InChI=1S/C22H23N3O3S/c1-16(26)17-6-8-18(9-7-17)23-10-12-24(13-11-23)21(27)14-25-19-4-2-3-5-20(19)29-15-22(25)28/h2-9H,10-15H2,1H3. The second-order valence-electron chi connectivity index (χ2n) is 7.21. The van der Waals surface area contributed by atoms with Gasteiger partial charge in [-0.3, -0.25) is 14.4 Å². The van der Waals surface area contributed by atoms with Gasteiger partial charge in [-0.1, -0.05) is 12.1 Å². The minimum Gasteiger partial charge on any atom is -0.368 e. The quantitative estimate of drug-likeness (QED) is 0.727. The first kappa shape index (κ1) is 19.5. The molecule has 6 nitrogen and oxygen atoms in total. The predicted octanol–water partition coefficient (Wildman–Crippen LogP) is 2.68. The Bertz CT molecular complexity index is 937. The molecule has 0 spiro atoms. The van der Waals surface area contributed by atoms with Crippen LogP contribution in [0.3, 0.4) is 0 Å². The molecule has 2 aliphatic heterocycles. The van der Waals surface area contributed by atoms with Gasteiger partial charge in [0.05, 0.1) is 11.4 Å². The van der Waals surface area contributed by atoms with Crippen LogP contribution in [-0.2, 0) is 9.59 Å². The molecule has 0 saturated carbocycles. The number of fused-ring (bicyclic) bond motifs is 1. The van der Waals surface area contributed by atoms with Crippen LogP contribution < -0.4 is 9.80 Å². The first-order valence-corrected chi connectivity index (χ1v) is 10.7. The maximum absolute atomic E-state index is 12.9. The smallest absolute Gasteiger partial charge is 0.242 e. The third-order valence-corrected chi connectivity index (χ3v) is 6.42. The Morgan fingerprint density at radius 1 is 0.966 bits per heavy atom. The van der Waals surface area contributed by atoms with Gasteiger partial charge in [-0.25, -0.2) is 0 Å². The Balaban J connectivity index is 1.37. The summed E-state index contributed by atoms with van der Waals surface area (Å²) in [6, 6.07) is 15.3. The van der Waals surface area contributed by atoms with Crippen molar-refractivity contribution >= 4 is 40.7 Å². The second kappa shape index (κ2) is 8.29. The van der Waals surface area contributed by atoms with E-state index in [2.05, 4.69) is 4.90 Å². The van der Waals surface area contributed by atoms with E-state index >= 15 is 0 Å². The first-order valence-electron chi connectivity index (χ1n) is 9.69. The maximum atomic E-state index is 12.9. The highest BCUT2D eigenvalue weighted by Gasteiger charge is 2.29. The predicted molar refractivity (Wildman–Crippen MR) is 115 cm³/mol. The molecule has 1 fully saturated rings. The van der Waals surface area contributed by atoms with Gasteiger partial charge in [0.15, 0.2) is 5.78 Å². The number of thioether (sulfide) groups is 1. The number of benzene rings is 2. The minimum absolute atomic E-state index is 0.0216. The SMILES string of the molecule is CC(=O)c1ccc(N2CCN(C(=O)CN3C(=O)CSc4ccccc43)CC2)cc1. The molecular formula is C22H23N3O3S. The van der Waals surface area contributed by atoms with Crippen LogP contribution in [0.25, 0.3) is 0 Å². The molecule has 0 radical (unpaired) electrons. The van der Waals surface area contributed by atoms with Gasteiger partial charge in [0.2, 0.25) is 11.8 Å². The van der Waals surface area contributed by atoms with Gasteiger partial charge in [0, 0.05) is 42.3 Å². The lowest BCUT2D eigenvalue weighted by Gasteiger charge is -2.37. The van der Waals surface area contributed by atoms with Gasteiger partial charge in [0.1, 0.15) is 6.54 Å². The van der Waals surface area contributed by atoms with Crippen molar-refractivity contribution in [2.24, 2.45) is 0 Å². The molecule has 2 heterocycles. The van der Waals surface area contributed by atoms with Crippen molar-refractivity contribution in [2.75, 3.05) is 48.3 Å². The van der Waals surface area contributed by atoms with Crippen LogP contribution in [-0.4, -0.2) is 61.0 Å². The third kappa shape index (κ3) is 4.15. The van der Waals surface area contributed by atoms with E-state index in [1.165, 1.54) is 11.8 Å². The molecule has 0 unspecified atom stereocenters. The normalized spacial score (nSPS) is 16.6. The van der Waals surface area contributed by atoms with Crippen molar-refractivity contribution < 1.29 is 14.4 Å². The van der Waals surface area contributed by atoms with Gasteiger partial charge in [-0.15, -0.1) is 11.8 Å². The highest BCUT2D eigenvalue weighted by atomic mass is 32.2. The molecular weight excluding hydrogens is 386 g/mol. The lowest BCUT2D eigenvalue weighted by atomic mass is 10.1. The number of piperazine rings is 1. The monoisotopic (exact) mass is 409 g/mol. The number of para-hydroxylation sites is 1. The molecule has 0 N–H and O–H groups in total. The van der Waals surface area contributed by atoms with Crippen LogP contribution in [0, 0.1) is 0 Å². The highest BCUT2D eigenvalue weighted by molar-refractivity contribution is 8.00. The zero-order valence-electron chi connectivity index (χ0n) is 16.3. The van der Waals surface area contributed by atoms with Gasteiger partial charge in [-0.05, 0) is 43.3 Å². The molecule has 0 atom stereocenters. The number of nitrogens with zero attached hydrogens (tertiary/aromatic N) is 3. The minimum atomic E-state index is -0.0220. The molecule has 2 aromatic rings. The van der Waals surface area contributed by atoms with Crippen LogP contribution in [0.2, 0.25) is 0 Å². The fourth-order valence-corrected chi connectivity index (χ4v) is 4.62. The summed E-state index contributed by atoms with van der Waals surface area (Å²) in [6.45, 7) is 4.34. The molecule has 0 aliphatic carbocycles. The van der Waals surface area contributed by atoms with Crippen molar-refractivity contribution in [3.8, 4) is 0 Å². The van der Waals surface area contributed by atoms with E-state index in [1.807, 2.05) is 53.4 Å². The van der Waals surface area contributed by atoms with Gasteiger partial charge < -0.3 is 14.7 Å². The lowest BCUT2D eigenvalue weighted by molar-refractivity contribution is -0.131. The largest absolute Gasteiger partial charge is 0.368 e. The summed E-state index contributed by atoms with van der Waals surface area (Å²) in [6.07, 6.45) is 0. The summed E-state index contributed by atoms with van der Waals surface area (Å²) in [5.41, 5.74) is 2.58. The third-order valence-electron chi connectivity index (χ3n) is 5.37. The number of rotatable bonds is 4. The number of amides is 2. The summed E-state index contributed by atoms with van der Waals surface area (Å²) < 4.78 is 0. The number of carbonyl (C=O) groups excluding carboxylic acids is 3. The summed E-state index contributed by atoms with van der Waals surface area (Å²) in [4.78, 5) is 43.4. The van der Waals surface area contributed by atoms with Crippen molar-refractivity contribution in [3.05, 3.63) is 54.1 Å². The Labute approximate surface area is 174 Å². The van der Waals surface area contributed by atoms with Crippen molar-refractivity contribution in [2.45, 2.75) is 11.8 Å². The van der Waals surface area contributed by atoms with Crippen LogP contribution in [0.15, 0.2) is 53.4 Å². The number of ketones is 1. The second-order valence-corrected chi connectivity index (χ2v) is 8.22. The topological polar surface area (TPSA) is 60.9 Å². The van der Waals surface area contributed by atoms with Crippen molar-refractivity contribution in [1.82, 2.24) is 4.90 Å². The summed E-state index contributed by atoms with van der Waals surface area (Å²) in [5, 5.41) is 0. The fourth-order valence-electron chi connectivity index (χ4n) is 3.68. The van der Waals surface area contributed by atoms with E-state index in [4.69, 9.17) is 0 Å². The van der Waals surface area contributed by atoms with Crippen LogP contribution in [0.4, 0.5) is 11.4 Å². The molecule has 0 aromatic heterocycles. The maximum Gasteiger partial charge on any atom is 0.242 e. The Morgan fingerprint density at radius 3 is 2.34 bits per heavy atom. The lowest BCUT2D eigenvalue weighted by Crippen LogP contribution is -2.52. The van der Waals surface area contributed by atoms with Crippen molar-refractivity contribution in [3.63, 3.8) is 0 Å². The molecule has 1 saturated heterocycles. The number of hydrogen-bond donors (Lipinski definition) is 0. The summed E-state index contributed by atoms with van der Waals surface area (Å²) >= 11 is 1.52. The number of carbonyl (C=O) groups is 3. The molecule has 4 rings (SSSR count). The number of Topliss-reactive ketones (excluding diaryl/α,β-unsaturated/α-hetero) is 1. The van der Waals surface area contributed by atoms with E-state index in [0.717, 1.165) is 29.4 Å².